The highest BCUT2D eigenvalue weighted by molar-refractivity contribution is 7.99. The van der Waals surface area contributed by atoms with Crippen molar-refractivity contribution in [3.05, 3.63) is 5.82 Å². The number of aromatic nitrogens is 3. The standard InChI is InChI=1S/C15H26N4OS/c1-5-7-13-16-17-15(18(13)4)21-10-14(20)19-11(2)8-6-9-12(19)3/h11-12H,5-10H2,1-4H3/t11-,12-/m0/s1. The predicted molar refractivity (Wildman–Crippen MR) is 85.3 cm³/mol. The summed E-state index contributed by atoms with van der Waals surface area (Å²) in [6.07, 6.45) is 5.44. The summed E-state index contributed by atoms with van der Waals surface area (Å²) in [6, 6.07) is 0.717. The molecular weight excluding hydrogens is 284 g/mol. The van der Waals surface area contributed by atoms with E-state index in [0.717, 1.165) is 36.7 Å². The van der Waals surface area contributed by atoms with Gasteiger partial charge in [-0.15, -0.1) is 10.2 Å². The van der Waals surface area contributed by atoms with Gasteiger partial charge in [-0.1, -0.05) is 18.7 Å². The van der Waals surface area contributed by atoms with Crippen LogP contribution in [0.25, 0.3) is 0 Å². The normalized spacial score (nSPS) is 22.6. The van der Waals surface area contributed by atoms with E-state index in [1.807, 2.05) is 11.6 Å². The lowest BCUT2D eigenvalue weighted by Crippen LogP contribution is -2.48. The quantitative estimate of drug-likeness (QED) is 0.785. The summed E-state index contributed by atoms with van der Waals surface area (Å²) in [5.41, 5.74) is 0. The third-order valence-electron chi connectivity index (χ3n) is 4.20. The molecule has 6 heteroatoms. The van der Waals surface area contributed by atoms with Crippen LogP contribution in [0.2, 0.25) is 0 Å². The van der Waals surface area contributed by atoms with E-state index >= 15 is 0 Å². The summed E-state index contributed by atoms with van der Waals surface area (Å²) < 4.78 is 2.00. The van der Waals surface area contributed by atoms with Gasteiger partial charge in [0.15, 0.2) is 5.16 Å². The Hall–Kier alpha value is -1.04. The maximum absolute atomic E-state index is 12.5. The first-order valence-corrected chi connectivity index (χ1v) is 8.85. The highest BCUT2D eigenvalue weighted by atomic mass is 32.2. The Labute approximate surface area is 131 Å². The fraction of sp³-hybridized carbons (Fsp3) is 0.800. The molecule has 2 atom stereocenters. The van der Waals surface area contributed by atoms with Gasteiger partial charge >= 0.3 is 0 Å². The Balaban J connectivity index is 1.94. The van der Waals surface area contributed by atoms with Crippen molar-refractivity contribution in [2.75, 3.05) is 5.75 Å². The lowest BCUT2D eigenvalue weighted by Gasteiger charge is -2.39. The van der Waals surface area contributed by atoms with Crippen molar-refractivity contribution < 1.29 is 4.79 Å². The highest BCUT2D eigenvalue weighted by Crippen LogP contribution is 2.25. The minimum absolute atomic E-state index is 0.222. The number of hydrogen-bond donors (Lipinski definition) is 0. The Morgan fingerprint density at radius 2 is 1.95 bits per heavy atom. The molecule has 1 aliphatic rings. The summed E-state index contributed by atoms with van der Waals surface area (Å²) in [5.74, 6) is 1.67. The van der Waals surface area contributed by atoms with Crippen LogP contribution in [0.4, 0.5) is 0 Å². The van der Waals surface area contributed by atoms with Crippen LogP contribution in [0.3, 0.4) is 0 Å². The van der Waals surface area contributed by atoms with Gasteiger partial charge in [0.1, 0.15) is 5.82 Å². The third-order valence-corrected chi connectivity index (χ3v) is 5.21. The topological polar surface area (TPSA) is 51.0 Å². The van der Waals surface area contributed by atoms with Crippen LogP contribution in [-0.2, 0) is 18.3 Å². The average Bonchev–Trinajstić information content (AvgIpc) is 2.78. The van der Waals surface area contributed by atoms with Crippen molar-refractivity contribution in [1.82, 2.24) is 19.7 Å². The van der Waals surface area contributed by atoms with Gasteiger partial charge in [0.05, 0.1) is 5.75 Å². The van der Waals surface area contributed by atoms with E-state index in [1.165, 1.54) is 18.2 Å². The van der Waals surface area contributed by atoms with Gasteiger partial charge in [-0.2, -0.15) is 0 Å². The van der Waals surface area contributed by atoms with E-state index in [1.54, 1.807) is 0 Å². The van der Waals surface area contributed by atoms with Crippen molar-refractivity contribution in [3.8, 4) is 0 Å². The molecule has 21 heavy (non-hydrogen) atoms. The molecule has 1 aliphatic heterocycles. The number of aryl methyl sites for hydroxylation is 1. The zero-order chi connectivity index (χ0) is 15.4. The SMILES string of the molecule is CCCc1nnc(SCC(=O)N2[C@@H](C)CCC[C@@H]2C)n1C. The van der Waals surface area contributed by atoms with Crippen molar-refractivity contribution in [3.63, 3.8) is 0 Å². The first kappa shape index (κ1) is 16.3. The average molecular weight is 310 g/mol. The number of rotatable bonds is 5. The van der Waals surface area contributed by atoms with E-state index in [2.05, 4.69) is 35.9 Å². The Bertz CT molecular complexity index is 478. The van der Waals surface area contributed by atoms with Gasteiger partial charge in [0.2, 0.25) is 5.91 Å². The number of hydrogen-bond acceptors (Lipinski definition) is 4. The fourth-order valence-electron chi connectivity index (χ4n) is 3.03. The number of thioether (sulfide) groups is 1. The van der Waals surface area contributed by atoms with E-state index in [-0.39, 0.29) is 5.91 Å². The molecular formula is C15H26N4OS. The maximum Gasteiger partial charge on any atom is 0.233 e. The summed E-state index contributed by atoms with van der Waals surface area (Å²) in [4.78, 5) is 14.5. The molecule has 1 fully saturated rings. The molecule has 1 aromatic heterocycles. The Morgan fingerprint density at radius 3 is 2.57 bits per heavy atom. The number of nitrogens with zero attached hydrogens (tertiary/aromatic N) is 4. The molecule has 0 aliphatic carbocycles. The monoisotopic (exact) mass is 310 g/mol. The van der Waals surface area contributed by atoms with Gasteiger partial charge in [-0.3, -0.25) is 4.79 Å². The lowest BCUT2D eigenvalue weighted by atomic mass is 9.98. The number of carbonyl (C=O) groups excluding carboxylic acids is 1. The first-order valence-electron chi connectivity index (χ1n) is 7.86. The summed E-state index contributed by atoms with van der Waals surface area (Å²) in [6.45, 7) is 6.43. The van der Waals surface area contributed by atoms with Gasteiger partial charge in [-0.05, 0) is 39.5 Å². The zero-order valence-electron chi connectivity index (χ0n) is 13.5. The largest absolute Gasteiger partial charge is 0.337 e. The molecule has 0 unspecified atom stereocenters. The molecule has 0 spiro atoms. The highest BCUT2D eigenvalue weighted by Gasteiger charge is 2.28. The van der Waals surface area contributed by atoms with E-state index in [0.29, 0.717) is 17.8 Å². The van der Waals surface area contributed by atoms with Crippen molar-refractivity contribution >= 4 is 17.7 Å². The van der Waals surface area contributed by atoms with Crippen LogP contribution in [0, 0.1) is 0 Å². The molecule has 1 aromatic rings. The molecule has 0 saturated carbocycles. The molecule has 0 aromatic carbocycles. The number of piperidine rings is 1. The third kappa shape index (κ3) is 3.78. The molecule has 5 nitrogen and oxygen atoms in total. The fourth-order valence-corrected chi connectivity index (χ4v) is 3.83. The lowest BCUT2D eigenvalue weighted by molar-refractivity contribution is -0.134. The molecule has 2 rings (SSSR count). The molecule has 0 bridgehead atoms. The predicted octanol–water partition coefficient (Wildman–Crippen LogP) is 2.65. The second-order valence-corrected chi connectivity index (χ2v) is 6.87. The minimum Gasteiger partial charge on any atom is -0.337 e. The Morgan fingerprint density at radius 1 is 1.29 bits per heavy atom. The minimum atomic E-state index is 0.222. The Kier molecular flexibility index (Phi) is 5.67. The molecule has 1 amide bonds. The molecule has 0 N–H and O–H groups in total. The number of likely N-dealkylation sites (tertiary alicyclic amines) is 1. The van der Waals surface area contributed by atoms with Crippen LogP contribution in [0.15, 0.2) is 5.16 Å². The van der Waals surface area contributed by atoms with Gasteiger partial charge in [0, 0.05) is 25.6 Å². The van der Waals surface area contributed by atoms with Crippen LogP contribution in [0.1, 0.15) is 52.3 Å². The molecule has 118 valence electrons. The number of amides is 1. The summed E-state index contributed by atoms with van der Waals surface area (Å²) in [7, 11) is 1.98. The van der Waals surface area contributed by atoms with Crippen LogP contribution in [-0.4, -0.2) is 43.4 Å². The smallest absolute Gasteiger partial charge is 0.233 e. The van der Waals surface area contributed by atoms with Crippen molar-refractivity contribution in [2.45, 2.75) is 70.1 Å². The molecule has 1 saturated heterocycles. The van der Waals surface area contributed by atoms with Crippen LogP contribution < -0.4 is 0 Å². The van der Waals surface area contributed by atoms with Gasteiger partial charge in [0.25, 0.3) is 0 Å². The van der Waals surface area contributed by atoms with E-state index < -0.39 is 0 Å². The van der Waals surface area contributed by atoms with Gasteiger partial charge < -0.3 is 9.47 Å². The summed E-state index contributed by atoms with van der Waals surface area (Å²) >= 11 is 1.50. The number of carbonyl (C=O) groups is 1. The molecule has 0 radical (unpaired) electrons. The van der Waals surface area contributed by atoms with E-state index in [9.17, 15) is 4.79 Å². The second kappa shape index (κ2) is 7.29. The van der Waals surface area contributed by atoms with Crippen LogP contribution in [0.5, 0.6) is 0 Å². The van der Waals surface area contributed by atoms with Crippen molar-refractivity contribution in [1.29, 1.82) is 0 Å². The van der Waals surface area contributed by atoms with E-state index in [4.69, 9.17) is 0 Å². The van der Waals surface area contributed by atoms with Crippen molar-refractivity contribution in [2.24, 2.45) is 7.05 Å². The first-order chi connectivity index (χ1) is 10.0. The van der Waals surface area contributed by atoms with Crippen LogP contribution >= 0.6 is 11.8 Å². The second-order valence-electron chi connectivity index (χ2n) is 5.93. The molecule has 2 heterocycles. The zero-order valence-corrected chi connectivity index (χ0v) is 14.3. The maximum atomic E-state index is 12.5. The summed E-state index contributed by atoms with van der Waals surface area (Å²) in [5, 5.41) is 9.22. The van der Waals surface area contributed by atoms with Gasteiger partial charge in [-0.25, -0.2) is 0 Å².